The molecule has 1 heterocycles. The van der Waals surface area contributed by atoms with Crippen molar-refractivity contribution >= 4 is 10.0 Å². The molecular weight excluding hydrogens is 288 g/mol. The third kappa shape index (κ3) is 3.51. The summed E-state index contributed by atoms with van der Waals surface area (Å²) in [7, 11) is -3.45. The van der Waals surface area contributed by atoms with E-state index in [9.17, 15) is 8.42 Å². The lowest BCUT2D eigenvalue weighted by Gasteiger charge is -2.19. The molecule has 2 aromatic rings. The maximum Gasteiger partial charge on any atom is 0.218 e. The average molecular weight is 306 g/mol. The van der Waals surface area contributed by atoms with Gasteiger partial charge in [-0.25, -0.2) is 13.1 Å². The van der Waals surface area contributed by atoms with Crippen molar-refractivity contribution in [1.82, 2.24) is 9.88 Å². The fourth-order valence-electron chi connectivity index (χ4n) is 2.62. The summed E-state index contributed by atoms with van der Waals surface area (Å²) >= 11 is 0. The van der Waals surface area contributed by atoms with Crippen molar-refractivity contribution in [2.75, 3.05) is 0 Å². The van der Waals surface area contributed by atoms with E-state index < -0.39 is 10.0 Å². The first-order chi connectivity index (χ1) is 10.1. The van der Waals surface area contributed by atoms with E-state index in [4.69, 9.17) is 0 Å². The Bertz CT molecular complexity index is 683. The van der Waals surface area contributed by atoms with Crippen molar-refractivity contribution in [1.29, 1.82) is 0 Å². The molecule has 1 aliphatic carbocycles. The number of rotatable bonds is 6. The van der Waals surface area contributed by atoms with E-state index in [1.54, 1.807) is 6.07 Å². The third-order valence-electron chi connectivity index (χ3n) is 3.89. The molecular formula is C15H18N2O3S. The minimum absolute atomic E-state index is 0.159. The Morgan fingerprint density at radius 2 is 2.05 bits per heavy atom. The molecule has 0 bridgehead atoms. The first-order valence-electron chi connectivity index (χ1n) is 6.99. The number of nitrogens with zero attached hydrogens (tertiary/aromatic N) is 1. The SMILES string of the molecule is C[C@@H]1C[C@H]1[C@H](NS(=O)(=O)Cc1ccon1)c1ccccc1. The Kier molecular flexibility index (Phi) is 3.82. The summed E-state index contributed by atoms with van der Waals surface area (Å²) in [5.74, 6) is 0.748. The van der Waals surface area contributed by atoms with Gasteiger partial charge < -0.3 is 4.52 Å². The highest BCUT2D eigenvalue weighted by Gasteiger charge is 2.41. The fourth-order valence-corrected chi connectivity index (χ4v) is 3.94. The van der Waals surface area contributed by atoms with Gasteiger partial charge in [-0.15, -0.1) is 0 Å². The molecule has 3 atom stereocenters. The first-order valence-corrected chi connectivity index (χ1v) is 8.64. The maximum atomic E-state index is 12.3. The number of benzene rings is 1. The highest BCUT2D eigenvalue weighted by molar-refractivity contribution is 7.88. The summed E-state index contributed by atoms with van der Waals surface area (Å²) in [6, 6.07) is 11.1. The maximum absolute atomic E-state index is 12.3. The Balaban J connectivity index is 1.78. The minimum atomic E-state index is -3.45. The van der Waals surface area contributed by atoms with Crippen LogP contribution in [0.3, 0.4) is 0 Å². The molecule has 3 rings (SSSR count). The Morgan fingerprint density at radius 3 is 2.62 bits per heavy atom. The van der Waals surface area contributed by atoms with Gasteiger partial charge in [-0.05, 0) is 23.8 Å². The molecule has 0 aliphatic heterocycles. The second kappa shape index (κ2) is 5.61. The quantitative estimate of drug-likeness (QED) is 0.890. The van der Waals surface area contributed by atoms with Crippen molar-refractivity contribution in [2.24, 2.45) is 11.8 Å². The number of aromatic nitrogens is 1. The zero-order chi connectivity index (χ0) is 14.9. The van der Waals surface area contributed by atoms with Crippen LogP contribution in [0.25, 0.3) is 0 Å². The van der Waals surface area contributed by atoms with Gasteiger partial charge in [-0.3, -0.25) is 0 Å². The smallest absolute Gasteiger partial charge is 0.218 e. The van der Waals surface area contributed by atoms with Crippen LogP contribution in [0.1, 0.15) is 30.6 Å². The third-order valence-corrected chi connectivity index (χ3v) is 5.18. The molecule has 21 heavy (non-hydrogen) atoms. The zero-order valence-corrected chi connectivity index (χ0v) is 12.6. The van der Waals surface area contributed by atoms with Gasteiger partial charge in [0.05, 0.1) is 5.69 Å². The van der Waals surface area contributed by atoms with E-state index in [0.29, 0.717) is 17.5 Å². The lowest BCUT2D eigenvalue weighted by molar-refractivity contribution is 0.413. The molecule has 0 radical (unpaired) electrons. The van der Waals surface area contributed by atoms with Crippen molar-refractivity contribution in [2.45, 2.75) is 25.1 Å². The Morgan fingerprint density at radius 1 is 1.33 bits per heavy atom. The largest absolute Gasteiger partial charge is 0.364 e. The van der Waals surface area contributed by atoms with Crippen LogP contribution in [-0.4, -0.2) is 13.6 Å². The molecule has 112 valence electrons. The van der Waals surface area contributed by atoms with E-state index in [1.165, 1.54) is 6.26 Å². The monoisotopic (exact) mass is 306 g/mol. The number of sulfonamides is 1. The van der Waals surface area contributed by atoms with Crippen LogP contribution < -0.4 is 4.72 Å². The number of hydrogen-bond acceptors (Lipinski definition) is 4. The Labute approximate surface area is 124 Å². The first kappa shape index (κ1) is 14.3. The second-order valence-electron chi connectivity index (χ2n) is 5.63. The van der Waals surface area contributed by atoms with Crippen LogP contribution in [0, 0.1) is 11.8 Å². The molecule has 0 spiro atoms. The summed E-state index contributed by atoms with van der Waals surface area (Å²) in [6.07, 6.45) is 2.43. The molecule has 1 fully saturated rings. The minimum Gasteiger partial charge on any atom is -0.364 e. The standard InChI is InChI=1S/C15H18N2O3S/c1-11-9-14(11)15(12-5-3-2-4-6-12)17-21(18,19)10-13-7-8-20-16-13/h2-8,11,14-15,17H,9-10H2,1H3/t11-,14-,15-/m1/s1. The highest BCUT2D eigenvalue weighted by Crippen LogP contribution is 2.47. The van der Waals surface area contributed by atoms with Gasteiger partial charge in [0.15, 0.2) is 0 Å². The molecule has 1 saturated carbocycles. The van der Waals surface area contributed by atoms with Gasteiger partial charge in [0.25, 0.3) is 0 Å². The summed E-state index contributed by atoms with van der Waals surface area (Å²) in [5.41, 5.74) is 1.42. The van der Waals surface area contributed by atoms with E-state index in [2.05, 4.69) is 21.3 Å². The van der Waals surface area contributed by atoms with Crippen LogP contribution in [0.5, 0.6) is 0 Å². The summed E-state index contributed by atoms with van der Waals surface area (Å²) in [6.45, 7) is 2.15. The van der Waals surface area contributed by atoms with Crippen molar-refractivity contribution in [3.63, 3.8) is 0 Å². The summed E-state index contributed by atoms with van der Waals surface area (Å²) in [5, 5.41) is 3.66. The van der Waals surface area contributed by atoms with Crippen LogP contribution in [0.15, 0.2) is 47.2 Å². The van der Waals surface area contributed by atoms with Crippen LogP contribution in [0.2, 0.25) is 0 Å². The van der Waals surface area contributed by atoms with Gasteiger partial charge in [0.1, 0.15) is 12.0 Å². The lowest BCUT2D eigenvalue weighted by Crippen LogP contribution is -2.31. The number of nitrogens with one attached hydrogen (secondary N) is 1. The predicted octanol–water partition coefficient (Wildman–Crippen LogP) is 2.49. The van der Waals surface area contributed by atoms with E-state index >= 15 is 0 Å². The van der Waals surface area contributed by atoms with Gasteiger partial charge in [0, 0.05) is 12.1 Å². The summed E-state index contributed by atoms with van der Waals surface area (Å²) < 4.78 is 32.2. The molecule has 0 amide bonds. The van der Waals surface area contributed by atoms with Crippen LogP contribution in [-0.2, 0) is 15.8 Å². The molecule has 5 nitrogen and oxygen atoms in total. The van der Waals surface area contributed by atoms with Crippen LogP contribution >= 0.6 is 0 Å². The molecule has 0 saturated heterocycles. The van der Waals surface area contributed by atoms with E-state index in [0.717, 1.165) is 12.0 Å². The van der Waals surface area contributed by atoms with Crippen molar-refractivity contribution in [3.05, 3.63) is 53.9 Å². The van der Waals surface area contributed by atoms with Gasteiger partial charge in [-0.1, -0.05) is 42.4 Å². The molecule has 1 aromatic carbocycles. The normalized spacial score (nSPS) is 22.9. The molecule has 6 heteroatoms. The average Bonchev–Trinajstić information content (AvgIpc) is 2.96. The second-order valence-corrected chi connectivity index (χ2v) is 7.39. The summed E-state index contributed by atoms with van der Waals surface area (Å²) in [4.78, 5) is 0. The van der Waals surface area contributed by atoms with Gasteiger partial charge >= 0.3 is 0 Å². The van der Waals surface area contributed by atoms with Gasteiger partial charge in [-0.2, -0.15) is 0 Å². The van der Waals surface area contributed by atoms with E-state index in [-0.39, 0.29) is 11.8 Å². The fraction of sp³-hybridized carbons (Fsp3) is 0.400. The zero-order valence-electron chi connectivity index (χ0n) is 11.8. The molecule has 1 N–H and O–H groups in total. The van der Waals surface area contributed by atoms with Gasteiger partial charge in [0.2, 0.25) is 10.0 Å². The van der Waals surface area contributed by atoms with Crippen LogP contribution in [0.4, 0.5) is 0 Å². The highest BCUT2D eigenvalue weighted by atomic mass is 32.2. The molecule has 1 aromatic heterocycles. The lowest BCUT2D eigenvalue weighted by atomic mass is 10.0. The van der Waals surface area contributed by atoms with E-state index in [1.807, 2.05) is 30.3 Å². The molecule has 1 aliphatic rings. The molecule has 0 unspecified atom stereocenters. The topological polar surface area (TPSA) is 72.2 Å². The van der Waals surface area contributed by atoms with Crippen molar-refractivity contribution < 1.29 is 12.9 Å². The van der Waals surface area contributed by atoms with Crippen molar-refractivity contribution in [3.8, 4) is 0 Å². The predicted molar refractivity (Wildman–Crippen MR) is 78.7 cm³/mol. The Hall–Kier alpha value is -1.66. The number of hydrogen-bond donors (Lipinski definition) is 1.